The lowest BCUT2D eigenvalue weighted by atomic mass is 9.64. The number of carbonyl (C=O) groups excluding carboxylic acids is 1. The van der Waals surface area contributed by atoms with Gasteiger partial charge in [-0.25, -0.2) is 4.79 Å². The Labute approximate surface area is 113 Å². The predicted octanol–water partition coefficient (Wildman–Crippen LogP) is 2.43. The first-order chi connectivity index (χ1) is 8.96. The van der Waals surface area contributed by atoms with E-state index in [1.54, 1.807) is 13.0 Å². The molecule has 0 saturated heterocycles. The maximum absolute atomic E-state index is 11.9. The zero-order valence-electron chi connectivity index (χ0n) is 11.6. The molecule has 1 aliphatic rings. The van der Waals surface area contributed by atoms with Crippen LogP contribution in [0.15, 0.2) is 24.3 Å². The highest BCUT2D eigenvalue weighted by Gasteiger charge is 2.47. The van der Waals surface area contributed by atoms with E-state index in [9.17, 15) is 9.90 Å². The van der Waals surface area contributed by atoms with Crippen LogP contribution in [-0.4, -0.2) is 29.8 Å². The number of aliphatic hydroxyl groups is 1. The van der Waals surface area contributed by atoms with Crippen LogP contribution in [0.3, 0.4) is 0 Å². The van der Waals surface area contributed by atoms with E-state index in [1.807, 2.05) is 32.0 Å². The molecule has 2 atom stereocenters. The molecule has 0 heterocycles. The number of hydrogen-bond acceptors (Lipinski definition) is 4. The summed E-state index contributed by atoms with van der Waals surface area (Å²) in [5.41, 5.74) is 1.13. The van der Waals surface area contributed by atoms with Crippen LogP contribution in [0.25, 0.3) is 0 Å². The minimum absolute atomic E-state index is 0.165. The Morgan fingerprint density at radius 2 is 2.16 bits per heavy atom. The van der Waals surface area contributed by atoms with E-state index >= 15 is 0 Å². The number of aliphatic hydroxyl groups excluding tert-OH is 1. The van der Waals surface area contributed by atoms with Crippen LogP contribution in [-0.2, 0) is 4.74 Å². The third-order valence-electron chi connectivity index (χ3n) is 3.97. The molecular weight excluding hydrogens is 242 g/mol. The van der Waals surface area contributed by atoms with Crippen molar-refractivity contribution in [1.29, 1.82) is 0 Å². The van der Waals surface area contributed by atoms with Crippen molar-refractivity contribution in [2.75, 3.05) is 11.9 Å². The van der Waals surface area contributed by atoms with Crippen LogP contribution in [0, 0.1) is 5.41 Å². The van der Waals surface area contributed by atoms with Crippen LogP contribution in [0.4, 0.5) is 5.69 Å². The van der Waals surface area contributed by atoms with Gasteiger partial charge >= 0.3 is 5.97 Å². The van der Waals surface area contributed by atoms with Crippen LogP contribution in [0.5, 0.6) is 0 Å². The van der Waals surface area contributed by atoms with Crippen molar-refractivity contribution in [2.24, 2.45) is 5.41 Å². The van der Waals surface area contributed by atoms with Gasteiger partial charge in [-0.1, -0.05) is 26.0 Å². The number of para-hydroxylation sites is 1. The minimum atomic E-state index is -0.316. The average molecular weight is 263 g/mol. The number of rotatable bonds is 4. The molecule has 2 unspecified atom stereocenters. The van der Waals surface area contributed by atoms with Gasteiger partial charge in [0.15, 0.2) is 0 Å². The van der Waals surface area contributed by atoms with Gasteiger partial charge in [0.2, 0.25) is 0 Å². The van der Waals surface area contributed by atoms with E-state index in [4.69, 9.17) is 4.74 Å². The Balaban J connectivity index is 2.15. The number of nitrogens with one attached hydrogen (secondary N) is 1. The quantitative estimate of drug-likeness (QED) is 0.819. The van der Waals surface area contributed by atoms with Crippen molar-refractivity contribution in [1.82, 2.24) is 0 Å². The van der Waals surface area contributed by atoms with E-state index in [1.165, 1.54) is 0 Å². The SMILES string of the molecule is CCOC(=O)c1ccccc1NC1CC(O)C1(C)C. The molecule has 4 nitrogen and oxygen atoms in total. The molecular formula is C15H21NO3. The highest BCUT2D eigenvalue weighted by Crippen LogP contribution is 2.42. The standard InChI is InChI=1S/C15H21NO3/c1-4-19-14(18)10-7-5-6-8-11(10)16-12-9-13(17)15(12,2)3/h5-8,12-13,16-17H,4,9H2,1-3H3. The summed E-state index contributed by atoms with van der Waals surface area (Å²) in [6, 6.07) is 7.49. The first-order valence-corrected chi connectivity index (χ1v) is 6.67. The molecule has 2 N–H and O–H groups in total. The first-order valence-electron chi connectivity index (χ1n) is 6.67. The summed E-state index contributed by atoms with van der Waals surface area (Å²) >= 11 is 0. The lowest BCUT2D eigenvalue weighted by molar-refractivity contribution is -0.0510. The van der Waals surface area contributed by atoms with E-state index in [-0.39, 0.29) is 23.5 Å². The maximum atomic E-state index is 11.9. The molecule has 0 bridgehead atoms. The molecule has 0 amide bonds. The molecule has 104 valence electrons. The van der Waals surface area contributed by atoms with Gasteiger partial charge in [-0.15, -0.1) is 0 Å². The van der Waals surface area contributed by atoms with E-state index < -0.39 is 0 Å². The van der Waals surface area contributed by atoms with Crippen molar-refractivity contribution in [3.05, 3.63) is 29.8 Å². The molecule has 2 rings (SSSR count). The summed E-state index contributed by atoms with van der Waals surface area (Å²) in [6.07, 6.45) is 0.407. The van der Waals surface area contributed by atoms with E-state index in [0.717, 1.165) is 5.69 Å². The Morgan fingerprint density at radius 1 is 1.47 bits per heavy atom. The summed E-state index contributed by atoms with van der Waals surface area (Å²) < 4.78 is 5.05. The topological polar surface area (TPSA) is 58.6 Å². The minimum Gasteiger partial charge on any atom is -0.462 e. The summed E-state index contributed by atoms with van der Waals surface area (Å²) in [4.78, 5) is 11.9. The summed E-state index contributed by atoms with van der Waals surface area (Å²) in [6.45, 7) is 6.19. The van der Waals surface area contributed by atoms with Gasteiger partial charge in [0.25, 0.3) is 0 Å². The number of ether oxygens (including phenoxy) is 1. The predicted molar refractivity (Wildman–Crippen MR) is 74.2 cm³/mol. The van der Waals surface area contributed by atoms with Gasteiger partial charge in [0.1, 0.15) is 0 Å². The molecule has 0 aliphatic heterocycles. The van der Waals surface area contributed by atoms with E-state index in [2.05, 4.69) is 5.32 Å². The number of anilines is 1. The fourth-order valence-electron chi connectivity index (χ4n) is 2.33. The van der Waals surface area contributed by atoms with Gasteiger partial charge in [0.05, 0.1) is 18.3 Å². The molecule has 4 heteroatoms. The molecule has 19 heavy (non-hydrogen) atoms. The van der Waals surface area contributed by atoms with Gasteiger partial charge < -0.3 is 15.2 Å². The fraction of sp³-hybridized carbons (Fsp3) is 0.533. The highest BCUT2D eigenvalue weighted by molar-refractivity contribution is 5.95. The second kappa shape index (κ2) is 5.21. The van der Waals surface area contributed by atoms with Crippen molar-refractivity contribution in [3.63, 3.8) is 0 Å². The summed E-state index contributed by atoms with van der Waals surface area (Å²) in [5, 5.41) is 13.1. The second-order valence-electron chi connectivity index (χ2n) is 5.54. The van der Waals surface area contributed by atoms with E-state index in [0.29, 0.717) is 18.6 Å². The Bertz CT molecular complexity index is 470. The monoisotopic (exact) mass is 263 g/mol. The lowest BCUT2D eigenvalue weighted by Crippen LogP contribution is -2.57. The Morgan fingerprint density at radius 3 is 2.74 bits per heavy atom. The molecule has 1 aromatic carbocycles. The zero-order valence-corrected chi connectivity index (χ0v) is 11.6. The molecule has 1 fully saturated rings. The number of esters is 1. The Hall–Kier alpha value is -1.55. The molecule has 0 radical (unpaired) electrons. The van der Waals surface area contributed by atoms with Gasteiger partial charge in [-0.2, -0.15) is 0 Å². The molecule has 1 aromatic rings. The van der Waals surface area contributed by atoms with Crippen LogP contribution in [0.1, 0.15) is 37.6 Å². The van der Waals surface area contributed by atoms with Crippen LogP contribution >= 0.6 is 0 Å². The van der Waals surface area contributed by atoms with Gasteiger partial charge in [-0.05, 0) is 25.5 Å². The third kappa shape index (κ3) is 2.59. The molecule has 1 saturated carbocycles. The third-order valence-corrected chi connectivity index (χ3v) is 3.97. The second-order valence-corrected chi connectivity index (χ2v) is 5.54. The molecule has 0 spiro atoms. The zero-order chi connectivity index (χ0) is 14.0. The van der Waals surface area contributed by atoms with Crippen molar-refractivity contribution in [3.8, 4) is 0 Å². The molecule has 0 aromatic heterocycles. The van der Waals surface area contributed by atoms with Crippen LogP contribution < -0.4 is 5.32 Å². The van der Waals surface area contributed by atoms with Crippen molar-refractivity contribution < 1.29 is 14.6 Å². The Kier molecular flexibility index (Phi) is 3.80. The number of benzene rings is 1. The molecule has 1 aliphatic carbocycles. The highest BCUT2D eigenvalue weighted by atomic mass is 16.5. The lowest BCUT2D eigenvalue weighted by Gasteiger charge is -2.50. The number of carbonyl (C=O) groups is 1. The average Bonchev–Trinajstić information content (AvgIpc) is 2.39. The van der Waals surface area contributed by atoms with Crippen molar-refractivity contribution >= 4 is 11.7 Å². The smallest absolute Gasteiger partial charge is 0.340 e. The van der Waals surface area contributed by atoms with Crippen LogP contribution in [0.2, 0.25) is 0 Å². The summed E-state index contributed by atoms with van der Waals surface area (Å²) in [7, 11) is 0. The number of hydrogen-bond donors (Lipinski definition) is 2. The first kappa shape index (κ1) is 13.9. The largest absolute Gasteiger partial charge is 0.462 e. The maximum Gasteiger partial charge on any atom is 0.340 e. The normalized spacial score (nSPS) is 24.4. The fourth-order valence-corrected chi connectivity index (χ4v) is 2.33. The van der Waals surface area contributed by atoms with Gasteiger partial charge in [0, 0.05) is 17.1 Å². The summed E-state index contributed by atoms with van der Waals surface area (Å²) in [5.74, 6) is -0.316. The van der Waals surface area contributed by atoms with Crippen molar-refractivity contribution in [2.45, 2.75) is 39.3 Å². The van der Waals surface area contributed by atoms with Gasteiger partial charge in [-0.3, -0.25) is 0 Å².